The van der Waals surface area contributed by atoms with Gasteiger partial charge in [-0.3, -0.25) is 0 Å². The summed E-state index contributed by atoms with van der Waals surface area (Å²) in [7, 11) is -6.99. The standard InChI is InChI=1S/C16H22N4O4S2/c1-13-5-3-6-14(9-13)26(23,24)20-8-4-7-19-12-17-15(16(19)11-20)10-18-25(2,21)22/h3,5-6,9,12,18H,4,7-8,10-11H2,1-2H3. The van der Waals surface area contributed by atoms with Crippen LogP contribution in [0.3, 0.4) is 0 Å². The van der Waals surface area contributed by atoms with Gasteiger partial charge in [0, 0.05) is 13.1 Å². The fourth-order valence-corrected chi connectivity index (χ4v) is 4.91. The van der Waals surface area contributed by atoms with Gasteiger partial charge in [-0.05, 0) is 31.0 Å². The summed E-state index contributed by atoms with van der Waals surface area (Å²) in [6.45, 7) is 3.10. The summed E-state index contributed by atoms with van der Waals surface area (Å²) in [6, 6.07) is 6.83. The normalized spacial score (nSPS) is 16.2. The number of fused-ring (bicyclic) bond motifs is 1. The molecule has 0 fully saturated rings. The monoisotopic (exact) mass is 398 g/mol. The van der Waals surface area contributed by atoms with Gasteiger partial charge in [0.1, 0.15) is 0 Å². The van der Waals surface area contributed by atoms with Crippen LogP contribution in [-0.2, 0) is 39.7 Å². The van der Waals surface area contributed by atoms with Crippen LogP contribution in [0.2, 0.25) is 0 Å². The largest absolute Gasteiger partial charge is 0.333 e. The first-order valence-corrected chi connectivity index (χ1v) is 11.5. The van der Waals surface area contributed by atoms with Crippen molar-refractivity contribution in [1.29, 1.82) is 0 Å². The molecule has 8 nitrogen and oxygen atoms in total. The first kappa shape index (κ1) is 19.0. The van der Waals surface area contributed by atoms with Gasteiger partial charge in [-0.2, -0.15) is 4.31 Å². The molecule has 0 amide bonds. The highest BCUT2D eigenvalue weighted by atomic mass is 32.2. The molecule has 142 valence electrons. The van der Waals surface area contributed by atoms with E-state index in [1.165, 1.54) is 4.31 Å². The van der Waals surface area contributed by atoms with E-state index in [1.54, 1.807) is 24.5 Å². The SMILES string of the molecule is Cc1cccc(S(=O)(=O)N2CCCn3cnc(CNS(C)(=O)=O)c3C2)c1. The number of nitrogens with one attached hydrogen (secondary N) is 1. The minimum Gasteiger partial charge on any atom is -0.333 e. The number of sulfonamides is 2. The van der Waals surface area contributed by atoms with E-state index in [0.29, 0.717) is 25.2 Å². The Labute approximate surface area is 154 Å². The van der Waals surface area contributed by atoms with Crippen LogP contribution < -0.4 is 4.72 Å². The highest BCUT2D eigenvalue weighted by Gasteiger charge is 2.29. The zero-order chi connectivity index (χ0) is 18.9. The van der Waals surface area contributed by atoms with Gasteiger partial charge >= 0.3 is 0 Å². The van der Waals surface area contributed by atoms with Gasteiger partial charge in [-0.15, -0.1) is 0 Å². The van der Waals surface area contributed by atoms with Gasteiger partial charge in [0.25, 0.3) is 0 Å². The van der Waals surface area contributed by atoms with Crippen LogP contribution in [0.15, 0.2) is 35.5 Å². The molecule has 0 atom stereocenters. The van der Waals surface area contributed by atoms with E-state index in [0.717, 1.165) is 17.5 Å². The summed E-state index contributed by atoms with van der Waals surface area (Å²) < 4.78 is 54.5. The van der Waals surface area contributed by atoms with Crippen molar-refractivity contribution in [1.82, 2.24) is 18.6 Å². The lowest BCUT2D eigenvalue weighted by molar-refractivity contribution is 0.408. The third kappa shape index (κ3) is 4.14. The first-order valence-electron chi connectivity index (χ1n) is 8.21. The van der Waals surface area contributed by atoms with Crippen LogP contribution in [0.25, 0.3) is 0 Å². The third-order valence-electron chi connectivity index (χ3n) is 4.29. The lowest BCUT2D eigenvalue weighted by Gasteiger charge is -2.20. The zero-order valence-corrected chi connectivity index (χ0v) is 16.3. The summed E-state index contributed by atoms with van der Waals surface area (Å²) >= 11 is 0. The molecule has 1 aliphatic rings. The Morgan fingerprint density at radius 3 is 2.65 bits per heavy atom. The van der Waals surface area contributed by atoms with Gasteiger partial charge < -0.3 is 4.57 Å². The molecule has 0 bridgehead atoms. The fourth-order valence-electron chi connectivity index (χ4n) is 2.96. The predicted octanol–water partition coefficient (Wildman–Crippen LogP) is 0.835. The van der Waals surface area contributed by atoms with Crippen molar-refractivity contribution in [3.05, 3.63) is 47.5 Å². The molecule has 10 heteroatoms. The number of aromatic nitrogens is 2. The molecule has 3 rings (SSSR count). The number of imidazole rings is 1. The lowest BCUT2D eigenvalue weighted by atomic mass is 10.2. The Hall–Kier alpha value is -1.75. The molecule has 1 aliphatic heterocycles. The van der Waals surface area contributed by atoms with Gasteiger partial charge in [0.2, 0.25) is 20.0 Å². The number of hydrogen-bond acceptors (Lipinski definition) is 5. The van der Waals surface area contributed by atoms with Crippen LogP contribution in [0.1, 0.15) is 23.4 Å². The fraction of sp³-hybridized carbons (Fsp3) is 0.438. The molecule has 1 aromatic heterocycles. The molecule has 0 unspecified atom stereocenters. The highest BCUT2D eigenvalue weighted by molar-refractivity contribution is 7.89. The number of nitrogens with zero attached hydrogens (tertiary/aromatic N) is 3. The van der Waals surface area contributed by atoms with Crippen molar-refractivity contribution < 1.29 is 16.8 Å². The molecular formula is C16H22N4O4S2. The van der Waals surface area contributed by atoms with Crippen LogP contribution >= 0.6 is 0 Å². The van der Waals surface area contributed by atoms with E-state index in [9.17, 15) is 16.8 Å². The molecule has 0 radical (unpaired) electrons. The Morgan fingerprint density at radius 2 is 1.96 bits per heavy atom. The summed E-state index contributed by atoms with van der Waals surface area (Å²) in [6.07, 6.45) is 3.38. The second-order valence-electron chi connectivity index (χ2n) is 6.43. The number of rotatable bonds is 5. The van der Waals surface area contributed by atoms with E-state index >= 15 is 0 Å². The minimum absolute atomic E-state index is 0.0412. The maximum Gasteiger partial charge on any atom is 0.243 e. The smallest absolute Gasteiger partial charge is 0.243 e. The van der Waals surface area contributed by atoms with Gasteiger partial charge in [-0.25, -0.2) is 26.5 Å². The summed E-state index contributed by atoms with van der Waals surface area (Å²) in [5.41, 5.74) is 2.14. The molecule has 1 N–H and O–H groups in total. The lowest BCUT2D eigenvalue weighted by Crippen LogP contribution is -2.31. The zero-order valence-electron chi connectivity index (χ0n) is 14.7. The number of hydrogen-bond donors (Lipinski definition) is 1. The first-order chi connectivity index (χ1) is 12.2. The molecule has 2 heterocycles. The van der Waals surface area contributed by atoms with Gasteiger partial charge in [0.15, 0.2) is 0 Å². The van der Waals surface area contributed by atoms with Crippen LogP contribution in [0, 0.1) is 6.92 Å². The Kier molecular flexibility index (Phi) is 5.20. The average molecular weight is 399 g/mol. The average Bonchev–Trinajstić information content (AvgIpc) is 2.80. The highest BCUT2D eigenvalue weighted by Crippen LogP contribution is 2.23. The molecule has 26 heavy (non-hydrogen) atoms. The summed E-state index contributed by atoms with van der Waals surface area (Å²) in [5, 5.41) is 0. The molecule has 0 spiro atoms. The van der Waals surface area contributed by atoms with Crippen LogP contribution in [-0.4, -0.2) is 43.5 Å². The summed E-state index contributed by atoms with van der Waals surface area (Å²) in [4.78, 5) is 4.53. The second kappa shape index (κ2) is 7.10. The molecule has 0 saturated carbocycles. The number of benzene rings is 1. The third-order valence-corrected chi connectivity index (χ3v) is 6.80. The quantitative estimate of drug-likeness (QED) is 0.804. The predicted molar refractivity (Wildman–Crippen MR) is 97.3 cm³/mol. The molecule has 1 aromatic carbocycles. The second-order valence-corrected chi connectivity index (χ2v) is 10.2. The molecule has 0 aliphatic carbocycles. The van der Waals surface area contributed by atoms with E-state index in [-0.39, 0.29) is 18.0 Å². The minimum atomic E-state index is -3.64. The van der Waals surface area contributed by atoms with Gasteiger partial charge in [-0.1, -0.05) is 12.1 Å². The molecule has 2 aromatic rings. The summed E-state index contributed by atoms with van der Waals surface area (Å²) in [5.74, 6) is 0. The molecule has 0 saturated heterocycles. The maximum absolute atomic E-state index is 13.0. The number of aryl methyl sites for hydroxylation is 2. The Morgan fingerprint density at radius 1 is 1.19 bits per heavy atom. The Bertz CT molecular complexity index is 1010. The van der Waals surface area contributed by atoms with Crippen LogP contribution in [0.5, 0.6) is 0 Å². The van der Waals surface area contributed by atoms with Crippen LogP contribution in [0.4, 0.5) is 0 Å². The van der Waals surface area contributed by atoms with E-state index in [4.69, 9.17) is 0 Å². The van der Waals surface area contributed by atoms with E-state index in [1.807, 2.05) is 17.6 Å². The topological polar surface area (TPSA) is 101 Å². The van der Waals surface area contributed by atoms with Crippen molar-refractivity contribution in [2.24, 2.45) is 0 Å². The van der Waals surface area contributed by atoms with Crippen molar-refractivity contribution in [2.75, 3.05) is 12.8 Å². The maximum atomic E-state index is 13.0. The van der Waals surface area contributed by atoms with Crippen molar-refractivity contribution >= 4 is 20.0 Å². The van der Waals surface area contributed by atoms with E-state index < -0.39 is 20.0 Å². The Balaban J connectivity index is 1.90. The van der Waals surface area contributed by atoms with Crippen molar-refractivity contribution in [3.63, 3.8) is 0 Å². The van der Waals surface area contributed by atoms with Crippen molar-refractivity contribution in [3.8, 4) is 0 Å². The van der Waals surface area contributed by atoms with Gasteiger partial charge in [0.05, 0.1) is 42.0 Å². The molecular weight excluding hydrogens is 376 g/mol. The van der Waals surface area contributed by atoms with E-state index in [2.05, 4.69) is 9.71 Å². The van der Waals surface area contributed by atoms with Crippen molar-refractivity contribution in [2.45, 2.75) is 37.9 Å².